The van der Waals surface area contributed by atoms with Crippen molar-refractivity contribution in [3.63, 3.8) is 0 Å². The predicted octanol–water partition coefficient (Wildman–Crippen LogP) is 4.50. The highest BCUT2D eigenvalue weighted by atomic mass is 79.9. The van der Waals surface area contributed by atoms with Gasteiger partial charge < -0.3 is 16.4 Å². The highest BCUT2D eigenvalue weighted by Crippen LogP contribution is 2.25. The number of rotatable bonds is 3. The summed E-state index contributed by atoms with van der Waals surface area (Å²) in [4.78, 5) is 16.3. The van der Waals surface area contributed by atoms with Crippen molar-refractivity contribution in [2.45, 2.75) is 13.3 Å². The summed E-state index contributed by atoms with van der Waals surface area (Å²) in [5.41, 5.74) is 10.3. The first-order valence-corrected chi connectivity index (χ1v) is 8.26. The fourth-order valence-corrected chi connectivity index (χ4v) is 2.76. The lowest BCUT2D eigenvalue weighted by Crippen LogP contribution is -2.19. The van der Waals surface area contributed by atoms with Crippen LogP contribution in [-0.4, -0.2) is 11.9 Å². The van der Waals surface area contributed by atoms with E-state index in [1.165, 1.54) is 0 Å². The van der Waals surface area contributed by atoms with E-state index in [0.717, 1.165) is 26.9 Å². The fraction of sp³-hybridized carbons (Fsp3) is 0.111. The van der Waals surface area contributed by atoms with Gasteiger partial charge in [0, 0.05) is 28.5 Å². The molecule has 4 N–H and O–H groups in total. The number of amides is 2. The Bertz CT molecular complexity index is 858. The zero-order chi connectivity index (χ0) is 17.1. The third-order valence-electron chi connectivity index (χ3n) is 3.68. The molecule has 0 radical (unpaired) electrons. The second-order valence-corrected chi connectivity index (χ2v) is 6.43. The van der Waals surface area contributed by atoms with E-state index in [-0.39, 0.29) is 6.03 Å². The minimum Gasteiger partial charge on any atom is -0.387 e. The molecule has 0 unspecified atom stereocenters. The Labute approximate surface area is 148 Å². The van der Waals surface area contributed by atoms with E-state index < -0.39 is 0 Å². The largest absolute Gasteiger partial charge is 0.387 e. The van der Waals surface area contributed by atoms with Crippen molar-refractivity contribution in [2.24, 2.45) is 10.7 Å². The first-order valence-electron chi connectivity index (χ1n) is 7.47. The molecule has 0 saturated carbocycles. The summed E-state index contributed by atoms with van der Waals surface area (Å²) in [7, 11) is 0. The summed E-state index contributed by atoms with van der Waals surface area (Å²) in [5, 5.41) is 5.66. The molecule has 2 amide bonds. The van der Waals surface area contributed by atoms with Crippen LogP contribution in [0, 0.1) is 6.92 Å². The smallest absolute Gasteiger partial charge is 0.323 e. The van der Waals surface area contributed by atoms with E-state index in [9.17, 15) is 4.79 Å². The summed E-state index contributed by atoms with van der Waals surface area (Å²) in [6.07, 6.45) is 2.39. The molecule has 0 bridgehead atoms. The number of benzene rings is 2. The average Bonchev–Trinajstić information content (AvgIpc) is 2.98. The van der Waals surface area contributed by atoms with Crippen molar-refractivity contribution in [3.05, 3.63) is 64.3 Å². The Hall–Kier alpha value is -2.60. The van der Waals surface area contributed by atoms with Crippen molar-refractivity contribution in [3.8, 4) is 0 Å². The van der Waals surface area contributed by atoms with Crippen LogP contribution in [0.5, 0.6) is 0 Å². The van der Waals surface area contributed by atoms with Gasteiger partial charge in [-0.3, -0.25) is 0 Å². The summed E-state index contributed by atoms with van der Waals surface area (Å²) in [6.45, 7) is 1.99. The lowest BCUT2D eigenvalue weighted by molar-refractivity contribution is 0.262. The van der Waals surface area contributed by atoms with Crippen LogP contribution in [0.4, 0.5) is 16.2 Å². The molecule has 0 aromatic heterocycles. The molecule has 122 valence electrons. The van der Waals surface area contributed by atoms with Gasteiger partial charge in [-0.2, -0.15) is 0 Å². The number of carbonyl (C=O) groups excluding carboxylic acids is 1. The molecule has 6 heteroatoms. The molecule has 5 nitrogen and oxygen atoms in total. The molecular formula is C18H17BrN4O. The minimum atomic E-state index is -0.293. The van der Waals surface area contributed by atoms with Crippen molar-refractivity contribution >= 4 is 44.7 Å². The third-order valence-corrected chi connectivity index (χ3v) is 4.53. The van der Waals surface area contributed by atoms with Gasteiger partial charge in [0.05, 0.1) is 0 Å². The highest BCUT2D eigenvalue weighted by Gasteiger charge is 2.10. The van der Waals surface area contributed by atoms with Gasteiger partial charge in [-0.25, -0.2) is 9.79 Å². The molecule has 0 spiro atoms. The molecule has 1 aliphatic heterocycles. The molecule has 0 atom stereocenters. The number of hydrogen-bond donors (Lipinski definition) is 3. The van der Waals surface area contributed by atoms with Gasteiger partial charge in [-0.15, -0.1) is 0 Å². The lowest BCUT2D eigenvalue weighted by atomic mass is 10.0. The van der Waals surface area contributed by atoms with Crippen LogP contribution in [0.25, 0.3) is 5.57 Å². The lowest BCUT2D eigenvalue weighted by Gasteiger charge is -2.10. The van der Waals surface area contributed by atoms with Gasteiger partial charge in [-0.05, 0) is 47.9 Å². The quantitative estimate of drug-likeness (QED) is 0.727. The van der Waals surface area contributed by atoms with Gasteiger partial charge in [0.2, 0.25) is 0 Å². The Kier molecular flexibility index (Phi) is 4.66. The second-order valence-electron chi connectivity index (χ2n) is 5.58. The zero-order valence-electron chi connectivity index (χ0n) is 13.1. The van der Waals surface area contributed by atoms with E-state index in [1.54, 1.807) is 6.20 Å². The number of urea groups is 1. The Morgan fingerprint density at radius 2 is 1.92 bits per heavy atom. The van der Waals surface area contributed by atoms with Crippen molar-refractivity contribution in [2.75, 3.05) is 10.6 Å². The van der Waals surface area contributed by atoms with E-state index in [0.29, 0.717) is 17.9 Å². The molecule has 24 heavy (non-hydrogen) atoms. The predicted molar refractivity (Wildman–Crippen MR) is 102 cm³/mol. The Balaban J connectivity index is 1.67. The second kappa shape index (κ2) is 6.88. The van der Waals surface area contributed by atoms with Crippen LogP contribution in [0.15, 0.2) is 58.1 Å². The standard InChI is InChI=1S/C18H17BrN4O/c1-11-5-6-15(9-16(11)19)23-18(24)22-14-4-2-3-12(7-14)13-8-17(20)21-10-13/h2-7,9-10H,8H2,1H3,(H2,20,21)(H2,22,23,24). The molecule has 0 fully saturated rings. The SMILES string of the molecule is Cc1ccc(NC(=O)Nc2cccc(C3=CN=C(N)C3)c2)cc1Br. The number of halogens is 1. The van der Waals surface area contributed by atoms with E-state index in [1.807, 2.05) is 49.4 Å². The van der Waals surface area contributed by atoms with Crippen molar-refractivity contribution < 1.29 is 4.79 Å². The zero-order valence-corrected chi connectivity index (χ0v) is 14.7. The Morgan fingerprint density at radius 3 is 2.58 bits per heavy atom. The molecule has 1 heterocycles. The average molecular weight is 385 g/mol. The van der Waals surface area contributed by atoms with Crippen LogP contribution in [0.1, 0.15) is 17.5 Å². The maximum atomic E-state index is 12.2. The number of nitrogens with one attached hydrogen (secondary N) is 2. The molecule has 1 aliphatic rings. The normalized spacial score (nSPS) is 13.2. The number of carbonyl (C=O) groups is 1. The van der Waals surface area contributed by atoms with Gasteiger partial charge in [0.15, 0.2) is 0 Å². The topological polar surface area (TPSA) is 79.5 Å². The monoisotopic (exact) mass is 384 g/mol. The number of nitrogens with two attached hydrogens (primary N) is 1. The van der Waals surface area contributed by atoms with Gasteiger partial charge >= 0.3 is 6.03 Å². The molecule has 0 saturated heterocycles. The van der Waals surface area contributed by atoms with Crippen molar-refractivity contribution in [1.29, 1.82) is 0 Å². The molecule has 3 rings (SSSR count). The molecule has 2 aromatic rings. The van der Waals surface area contributed by atoms with Crippen LogP contribution in [0.2, 0.25) is 0 Å². The van der Waals surface area contributed by atoms with Crippen molar-refractivity contribution in [1.82, 2.24) is 0 Å². The van der Waals surface area contributed by atoms with Gasteiger partial charge in [0.25, 0.3) is 0 Å². The summed E-state index contributed by atoms with van der Waals surface area (Å²) < 4.78 is 0.952. The molecule has 0 aliphatic carbocycles. The number of hydrogen-bond acceptors (Lipinski definition) is 3. The minimum absolute atomic E-state index is 0.293. The number of nitrogens with zero attached hydrogens (tertiary/aromatic N) is 1. The van der Waals surface area contributed by atoms with Crippen LogP contribution >= 0.6 is 15.9 Å². The van der Waals surface area contributed by atoms with Gasteiger partial charge in [-0.1, -0.05) is 34.1 Å². The maximum absolute atomic E-state index is 12.2. The van der Waals surface area contributed by atoms with Crippen LogP contribution < -0.4 is 16.4 Å². The highest BCUT2D eigenvalue weighted by molar-refractivity contribution is 9.10. The fourth-order valence-electron chi connectivity index (χ4n) is 2.38. The first kappa shape index (κ1) is 16.3. The first-order chi connectivity index (χ1) is 11.5. The van der Waals surface area contributed by atoms with Crippen LogP contribution in [-0.2, 0) is 0 Å². The van der Waals surface area contributed by atoms with Gasteiger partial charge in [0.1, 0.15) is 5.84 Å². The van der Waals surface area contributed by atoms with E-state index in [2.05, 4.69) is 31.6 Å². The summed E-state index contributed by atoms with van der Waals surface area (Å²) in [6, 6.07) is 13.0. The molecule has 2 aromatic carbocycles. The number of anilines is 2. The number of aryl methyl sites for hydroxylation is 1. The summed E-state index contributed by atoms with van der Waals surface area (Å²) >= 11 is 3.46. The summed E-state index contributed by atoms with van der Waals surface area (Å²) in [5.74, 6) is 0.603. The van der Waals surface area contributed by atoms with E-state index in [4.69, 9.17) is 5.73 Å². The number of aliphatic imine (C=N–C) groups is 1. The number of amidine groups is 1. The maximum Gasteiger partial charge on any atom is 0.323 e. The van der Waals surface area contributed by atoms with Crippen LogP contribution in [0.3, 0.4) is 0 Å². The van der Waals surface area contributed by atoms with E-state index >= 15 is 0 Å². The Morgan fingerprint density at radius 1 is 1.17 bits per heavy atom. The third kappa shape index (κ3) is 3.83. The molecular weight excluding hydrogens is 368 g/mol.